The van der Waals surface area contributed by atoms with Crippen LogP contribution >= 0.6 is 0 Å². The summed E-state index contributed by atoms with van der Waals surface area (Å²) in [6.07, 6.45) is 0. The van der Waals surface area contributed by atoms with Gasteiger partial charge in [0, 0.05) is 11.8 Å². The first-order chi connectivity index (χ1) is 7.67. The van der Waals surface area contributed by atoms with E-state index >= 15 is 0 Å². The first-order valence-electron chi connectivity index (χ1n) is 4.63. The van der Waals surface area contributed by atoms with Crippen LogP contribution in [0.4, 0.5) is 11.8 Å². The van der Waals surface area contributed by atoms with Gasteiger partial charge in [-0.3, -0.25) is 0 Å². The average Bonchev–Trinajstić information content (AvgIpc) is 2.63. The number of hydrogen-bond acceptors (Lipinski definition) is 6. The van der Waals surface area contributed by atoms with Crippen molar-refractivity contribution >= 4 is 11.8 Å². The van der Waals surface area contributed by atoms with E-state index in [0.29, 0.717) is 28.9 Å². The maximum Gasteiger partial charge on any atom is 0.229 e. The highest BCUT2D eigenvalue weighted by atomic mass is 16.5. The first-order valence-corrected chi connectivity index (χ1v) is 4.63. The van der Waals surface area contributed by atoms with Crippen LogP contribution in [-0.2, 0) is 0 Å². The zero-order valence-corrected chi connectivity index (χ0v) is 8.85. The van der Waals surface area contributed by atoms with Crippen molar-refractivity contribution in [2.45, 2.75) is 13.8 Å². The Kier molecular flexibility index (Phi) is 2.52. The first kappa shape index (κ1) is 10.1. The van der Waals surface area contributed by atoms with E-state index in [0.717, 1.165) is 0 Å². The number of hydrogen-bond donors (Lipinski definition) is 1. The number of rotatable bonds is 2. The van der Waals surface area contributed by atoms with Gasteiger partial charge in [-0.1, -0.05) is 5.16 Å². The second-order valence-corrected chi connectivity index (χ2v) is 3.28. The Morgan fingerprint density at radius 1 is 1.31 bits per heavy atom. The number of nitriles is 1. The van der Waals surface area contributed by atoms with Crippen LogP contribution in [0.15, 0.2) is 16.7 Å². The normalized spacial score (nSPS) is 9.81. The Hall–Kier alpha value is -2.42. The summed E-state index contributed by atoms with van der Waals surface area (Å²) in [5.74, 6) is 1.55. The maximum absolute atomic E-state index is 8.75. The molecule has 0 saturated carbocycles. The third-order valence-corrected chi connectivity index (χ3v) is 1.84. The van der Waals surface area contributed by atoms with E-state index in [9.17, 15) is 0 Å². The van der Waals surface area contributed by atoms with E-state index < -0.39 is 0 Å². The topological polar surface area (TPSA) is 87.6 Å². The van der Waals surface area contributed by atoms with Crippen molar-refractivity contribution in [2.75, 3.05) is 5.32 Å². The maximum atomic E-state index is 8.75. The van der Waals surface area contributed by atoms with Crippen LogP contribution in [0, 0.1) is 25.2 Å². The van der Waals surface area contributed by atoms with Crippen LogP contribution in [0.1, 0.15) is 17.1 Å². The van der Waals surface area contributed by atoms with Crippen molar-refractivity contribution in [3.05, 3.63) is 29.3 Å². The van der Waals surface area contributed by atoms with Gasteiger partial charge in [0.05, 0.1) is 0 Å². The van der Waals surface area contributed by atoms with Crippen LogP contribution in [0.5, 0.6) is 0 Å². The van der Waals surface area contributed by atoms with Gasteiger partial charge in [-0.15, -0.1) is 0 Å². The molecule has 0 aliphatic heterocycles. The molecule has 6 heteroatoms. The molecule has 0 amide bonds. The second-order valence-electron chi connectivity index (χ2n) is 3.28. The van der Waals surface area contributed by atoms with Crippen LogP contribution in [0.2, 0.25) is 0 Å². The summed E-state index contributed by atoms with van der Waals surface area (Å²) in [7, 11) is 0. The molecule has 0 atom stereocenters. The van der Waals surface area contributed by atoms with Crippen molar-refractivity contribution in [3.63, 3.8) is 0 Å². The summed E-state index contributed by atoms with van der Waals surface area (Å²) < 4.78 is 4.89. The number of nitrogens with one attached hydrogen (secondary N) is 1. The predicted octanol–water partition coefficient (Wildman–Crippen LogP) is 1.70. The molecule has 2 aromatic rings. The fraction of sp³-hybridized carbons (Fsp3) is 0.200. The second kappa shape index (κ2) is 3.98. The summed E-state index contributed by atoms with van der Waals surface area (Å²) in [4.78, 5) is 8.12. The summed E-state index contributed by atoms with van der Waals surface area (Å²) in [5.41, 5.74) is 1.03. The van der Waals surface area contributed by atoms with Gasteiger partial charge in [0.2, 0.25) is 5.95 Å². The third-order valence-electron chi connectivity index (χ3n) is 1.84. The number of aryl methyl sites for hydroxylation is 2. The molecule has 2 rings (SSSR count). The largest absolute Gasteiger partial charge is 0.360 e. The molecule has 0 unspecified atom stereocenters. The van der Waals surface area contributed by atoms with Gasteiger partial charge in [-0.25, -0.2) is 9.97 Å². The third kappa shape index (κ3) is 2.15. The predicted molar refractivity (Wildman–Crippen MR) is 56.0 cm³/mol. The number of anilines is 2. The molecule has 0 spiro atoms. The lowest BCUT2D eigenvalue weighted by atomic mass is 10.3. The lowest BCUT2D eigenvalue weighted by Gasteiger charge is -2.01. The van der Waals surface area contributed by atoms with Crippen molar-refractivity contribution in [2.24, 2.45) is 0 Å². The lowest BCUT2D eigenvalue weighted by molar-refractivity contribution is 0.400. The Labute approximate surface area is 91.9 Å². The SMILES string of the molecule is Cc1cc(C#N)nc(Nc2cc(C)on2)n1. The van der Waals surface area contributed by atoms with E-state index in [1.165, 1.54) is 0 Å². The van der Waals surface area contributed by atoms with Crippen molar-refractivity contribution < 1.29 is 4.52 Å². The minimum atomic E-state index is 0.315. The van der Waals surface area contributed by atoms with E-state index in [1.54, 1.807) is 26.0 Å². The van der Waals surface area contributed by atoms with Crippen molar-refractivity contribution in [3.8, 4) is 6.07 Å². The minimum Gasteiger partial charge on any atom is -0.360 e. The highest BCUT2D eigenvalue weighted by molar-refractivity contribution is 5.48. The molecule has 2 heterocycles. The van der Waals surface area contributed by atoms with Gasteiger partial charge in [0.15, 0.2) is 5.82 Å². The summed E-state index contributed by atoms with van der Waals surface area (Å²) in [6, 6.07) is 5.29. The smallest absolute Gasteiger partial charge is 0.229 e. The highest BCUT2D eigenvalue weighted by Crippen LogP contribution is 2.13. The molecule has 16 heavy (non-hydrogen) atoms. The van der Waals surface area contributed by atoms with Gasteiger partial charge in [-0.05, 0) is 19.9 Å². The van der Waals surface area contributed by atoms with Crippen LogP contribution in [0.25, 0.3) is 0 Å². The zero-order chi connectivity index (χ0) is 11.5. The number of aromatic nitrogens is 3. The summed E-state index contributed by atoms with van der Waals surface area (Å²) in [6.45, 7) is 3.58. The molecule has 0 aliphatic rings. The molecule has 0 radical (unpaired) electrons. The van der Waals surface area contributed by atoms with Gasteiger partial charge in [0.25, 0.3) is 0 Å². The molecular formula is C10H9N5O. The average molecular weight is 215 g/mol. The fourth-order valence-corrected chi connectivity index (χ4v) is 1.22. The molecule has 0 fully saturated rings. The summed E-state index contributed by atoms with van der Waals surface area (Å²) >= 11 is 0. The molecule has 6 nitrogen and oxygen atoms in total. The van der Waals surface area contributed by atoms with Gasteiger partial charge < -0.3 is 9.84 Å². The minimum absolute atomic E-state index is 0.315. The zero-order valence-electron chi connectivity index (χ0n) is 8.85. The molecule has 1 N–H and O–H groups in total. The quantitative estimate of drug-likeness (QED) is 0.820. The molecular weight excluding hydrogens is 206 g/mol. The molecule has 0 bridgehead atoms. The van der Waals surface area contributed by atoms with Gasteiger partial charge >= 0.3 is 0 Å². The molecule has 80 valence electrons. The van der Waals surface area contributed by atoms with Crippen molar-refractivity contribution in [1.29, 1.82) is 5.26 Å². The van der Waals surface area contributed by atoms with Crippen LogP contribution in [0.3, 0.4) is 0 Å². The fourth-order valence-electron chi connectivity index (χ4n) is 1.22. The molecule has 0 aromatic carbocycles. The van der Waals surface area contributed by atoms with E-state index in [1.807, 2.05) is 6.07 Å². The van der Waals surface area contributed by atoms with Crippen LogP contribution in [-0.4, -0.2) is 15.1 Å². The molecule has 0 aliphatic carbocycles. The molecule has 2 aromatic heterocycles. The van der Waals surface area contributed by atoms with Gasteiger partial charge in [0.1, 0.15) is 17.5 Å². The van der Waals surface area contributed by atoms with Crippen LogP contribution < -0.4 is 5.32 Å². The Balaban J connectivity index is 2.28. The number of nitrogens with zero attached hydrogens (tertiary/aromatic N) is 4. The van der Waals surface area contributed by atoms with E-state index in [4.69, 9.17) is 9.78 Å². The Morgan fingerprint density at radius 3 is 2.75 bits per heavy atom. The highest BCUT2D eigenvalue weighted by Gasteiger charge is 2.05. The van der Waals surface area contributed by atoms with E-state index in [-0.39, 0.29) is 0 Å². The Bertz CT molecular complexity index is 555. The van der Waals surface area contributed by atoms with Crippen molar-refractivity contribution in [1.82, 2.24) is 15.1 Å². The van der Waals surface area contributed by atoms with Gasteiger partial charge in [-0.2, -0.15) is 5.26 Å². The Morgan fingerprint density at radius 2 is 2.12 bits per heavy atom. The van der Waals surface area contributed by atoms with E-state index in [2.05, 4.69) is 20.4 Å². The molecule has 0 saturated heterocycles. The standard InChI is InChI=1S/C10H9N5O/c1-6-3-8(5-11)13-10(12-6)14-9-4-7(2)16-15-9/h3-4H,1-2H3,(H,12,13,14,15). The monoisotopic (exact) mass is 215 g/mol. The summed E-state index contributed by atoms with van der Waals surface area (Å²) in [5, 5.41) is 15.4. The lowest BCUT2D eigenvalue weighted by Crippen LogP contribution is -2.00.